The fourth-order valence-corrected chi connectivity index (χ4v) is 0.922. The number of aliphatic hydroxyl groups excluding tert-OH is 1. The second kappa shape index (κ2) is 11.9. The monoisotopic (exact) mass is 194 g/mol. The molecule has 0 saturated carbocycles. The van der Waals surface area contributed by atoms with Crippen LogP contribution in [0.2, 0.25) is 0 Å². The van der Waals surface area contributed by atoms with E-state index in [0.717, 1.165) is 12.0 Å². The number of allylic oxidation sites excluding steroid dienone is 3. The molecule has 1 nitrogen and oxygen atoms in total. The van der Waals surface area contributed by atoms with Gasteiger partial charge in [0, 0.05) is 6.42 Å². The number of hydrogen-bond acceptors (Lipinski definition) is 1. The summed E-state index contributed by atoms with van der Waals surface area (Å²) < 4.78 is 0. The highest BCUT2D eigenvalue weighted by molar-refractivity contribution is 5.17. The van der Waals surface area contributed by atoms with E-state index < -0.39 is 0 Å². The van der Waals surface area contributed by atoms with E-state index in [4.69, 9.17) is 0 Å². The zero-order chi connectivity index (χ0) is 11.4. The molecule has 0 aromatic carbocycles. The second-order valence-electron chi connectivity index (χ2n) is 2.68. The highest BCUT2D eigenvalue weighted by Crippen LogP contribution is 2.07. The van der Waals surface area contributed by atoms with Gasteiger partial charge >= 0.3 is 0 Å². The Balaban J connectivity index is 0. The van der Waals surface area contributed by atoms with Crippen molar-refractivity contribution in [2.75, 3.05) is 0 Å². The molecule has 1 heteroatoms. The lowest BCUT2D eigenvalue weighted by Crippen LogP contribution is -2.02. The average molecular weight is 194 g/mol. The summed E-state index contributed by atoms with van der Waals surface area (Å²) in [5, 5.41) is 9.44. The maximum absolute atomic E-state index is 9.44. The Labute approximate surface area is 88.2 Å². The van der Waals surface area contributed by atoms with Crippen molar-refractivity contribution in [3.63, 3.8) is 0 Å². The van der Waals surface area contributed by atoms with Crippen molar-refractivity contribution >= 4 is 0 Å². The molecule has 0 heterocycles. The molecule has 0 aliphatic carbocycles. The third kappa shape index (κ3) is 9.01. The van der Waals surface area contributed by atoms with E-state index in [1.807, 2.05) is 32.1 Å². The standard InChI is InChI=1S/C11H18O.C2H4/c1-4-7-8-11(12)9-10(5-2)6-3;1-2/h5-8,11-12H,2,4,9H2,1,3H3;1-2H2/b8-7+,10-6+;. The molecule has 1 N–H and O–H groups in total. The maximum atomic E-state index is 9.44. The maximum Gasteiger partial charge on any atom is 0.0761 e. The first kappa shape index (κ1) is 15.4. The average Bonchev–Trinajstić information content (AvgIpc) is 2.25. The topological polar surface area (TPSA) is 20.2 Å². The molecule has 14 heavy (non-hydrogen) atoms. The molecule has 0 spiro atoms. The first-order chi connectivity index (χ1) is 6.74. The first-order valence-corrected chi connectivity index (χ1v) is 4.86. The largest absolute Gasteiger partial charge is 0.389 e. The fraction of sp³-hybridized carbons (Fsp3) is 0.385. The van der Waals surface area contributed by atoms with E-state index >= 15 is 0 Å². The van der Waals surface area contributed by atoms with E-state index in [1.165, 1.54) is 0 Å². The minimum Gasteiger partial charge on any atom is -0.389 e. The van der Waals surface area contributed by atoms with Crippen molar-refractivity contribution in [3.8, 4) is 0 Å². The van der Waals surface area contributed by atoms with Gasteiger partial charge in [-0.25, -0.2) is 0 Å². The van der Waals surface area contributed by atoms with Crippen molar-refractivity contribution in [1.82, 2.24) is 0 Å². The van der Waals surface area contributed by atoms with Crippen LogP contribution in [0.5, 0.6) is 0 Å². The zero-order valence-corrected chi connectivity index (χ0v) is 9.37. The Bertz CT molecular complexity index is 189. The van der Waals surface area contributed by atoms with Crippen molar-refractivity contribution in [2.45, 2.75) is 32.8 Å². The molecule has 0 rings (SSSR count). The summed E-state index contributed by atoms with van der Waals surface area (Å²) in [4.78, 5) is 0. The van der Waals surface area contributed by atoms with E-state index in [9.17, 15) is 5.11 Å². The van der Waals surface area contributed by atoms with Gasteiger partial charge in [-0.1, -0.05) is 37.8 Å². The van der Waals surface area contributed by atoms with Gasteiger partial charge in [0.1, 0.15) is 0 Å². The van der Waals surface area contributed by atoms with Crippen molar-refractivity contribution in [2.24, 2.45) is 0 Å². The van der Waals surface area contributed by atoms with Crippen LogP contribution in [0.4, 0.5) is 0 Å². The molecule has 0 aliphatic heterocycles. The fourth-order valence-electron chi connectivity index (χ4n) is 0.922. The predicted octanol–water partition coefficient (Wildman–Crippen LogP) is 3.64. The lowest BCUT2D eigenvalue weighted by molar-refractivity contribution is 0.224. The summed E-state index contributed by atoms with van der Waals surface area (Å²) in [6, 6.07) is 0. The van der Waals surface area contributed by atoms with Crippen molar-refractivity contribution < 1.29 is 5.11 Å². The van der Waals surface area contributed by atoms with Gasteiger partial charge in [-0.15, -0.1) is 13.2 Å². The molecule has 0 radical (unpaired) electrons. The summed E-state index contributed by atoms with van der Waals surface area (Å²) in [6.07, 6.45) is 8.81. The summed E-state index contributed by atoms with van der Waals surface area (Å²) >= 11 is 0. The summed E-state index contributed by atoms with van der Waals surface area (Å²) in [7, 11) is 0. The molecule has 1 atom stereocenters. The highest BCUT2D eigenvalue weighted by atomic mass is 16.3. The predicted molar refractivity (Wildman–Crippen MR) is 65.3 cm³/mol. The minimum absolute atomic E-state index is 0.367. The normalized spacial score (nSPS) is 13.2. The summed E-state index contributed by atoms with van der Waals surface area (Å²) in [5.74, 6) is 0. The Morgan fingerprint density at radius 1 is 1.43 bits per heavy atom. The lowest BCUT2D eigenvalue weighted by Gasteiger charge is -2.05. The third-order valence-electron chi connectivity index (χ3n) is 1.67. The minimum atomic E-state index is -0.367. The molecular weight excluding hydrogens is 172 g/mol. The molecule has 1 unspecified atom stereocenters. The summed E-state index contributed by atoms with van der Waals surface area (Å²) in [6.45, 7) is 13.7. The smallest absolute Gasteiger partial charge is 0.0761 e. The third-order valence-corrected chi connectivity index (χ3v) is 1.67. The van der Waals surface area contributed by atoms with Gasteiger partial charge in [-0.05, 0) is 18.9 Å². The molecule has 0 aromatic heterocycles. The van der Waals surface area contributed by atoms with Gasteiger partial charge in [0.25, 0.3) is 0 Å². The number of hydrogen-bond donors (Lipinski definition) is 1. The molecule has 0 amide bonds. The van der Waals surface area contributed by atoms with E-state index in [-0.39, 0.29) is 6.10 Å². The van der Waals surface area contributed by atoms with Gasteiger partial charge in [-0.2, -0.15) is 0 Å². The van der Waals surface area contributed by atoms with Gasteiger partial charge in [-0.3, -0.25) is 0 Å². The molecule has 0 fully saturated rings. The molecular formula is C13H22O. The number of rotatable bonds is 5. The van der Waals surface area contributed by atoms with E-state index in [2.05, 4.69) is 19.7 Å². The van der Waals surface area contributed by atoms with Crippen molar-refractivity contribution in [1.29, 1.82) is 0 Å². The van der Waals surface area contributed by atoms with Gasteiger partial charge in [0.2, 0.25) is 0 Å². The second-order valence-corrected chi connectivity index (χ2v) is 2.68. The Morgan fingerprint density at radius 3 is 2.36 bits per heavy atom. The highest BCUT2D eigenvalue weighted by Gasteiger charge is 1.99. The van der Waals surface area contributed by atoms with Crippen LogP contribution in [0, 0.1) is 0 Å². The molecule has 0 aliphatic rings. The van der Waals surface area contributed by atoms with E-state index in [0.29, 0.717) is 6.42 Å². The Kier molecular flexibility index (Phi) is 13.1. The molecule has 0 bridgehead atoms. The lowest BCUT2D eigenvalue weighted by atomic mass is 10.1. The zero-order valence-electron chi connectivity index (χ0n) is 9.37. The van der Waals surface area contributed by atoms with Crippen LogP contribution < -0.4 is 0 Å². The van der Waals surface area contributed by atoms with Crippen LogP contribution in [-0.2, 0) is 0 Å². The van der Waals surface area contributed by atoms with Crippen LogP contribution in [0.15, 0.2) is 49.6 Å². The van der Waals surface area contributed by atoms with Crippen molar-refractivity contribution in [3.05, 3.63) is 49.6 Å². The van der Waals surface area contributed by atoms with Crippen LogP contribution in [0.25, 0.3) is 0 Å². The quantitative estimate of drug-likeness (QED) is 0.523. The molecule has 0 saturated heterocycles. The summed E-state index contributed by atoms with van der Waals surface area (Å²) in [5.41, 5.74) is 1.09. The van der Waals surface area contributed by atoms with Crippen LogP contribution in [0.3, 0.4) is 0 Å². The molecule has 80 valence electrons. The van der Waals surface area contributed by atoms with Crippen LogP contribution in [0.1, 0.15) is 26.7 Å². The van der Waals surface area contributed by atoms with Gasteiger partial charge in [0.15, 0.2) is 0 Å². The first-order valence-electron chi connectivity index (χ1n) is 4.86. The number of aliphatic hydroxyl groups is 1. The van der Waals surface area contributed by atoms with Crippen LogP contribution in [-0.4, -0.2) is 11.2 Å². The van der Waals surface area contributed by atoms with Crippen LogP contribution >= 0.6 is 0 Å². The Hall–Kier alpha value is -1.08. The Morgan fingerprint density at radius 2 is 2.00 bits per heavy atom. The van der Waals surface area contributed by atoms with Gasteiger partial charge in [0.05, 0.1) is 6.10 Å². The van der Waals surface area contributed by atoms with Gasteiger partial charge < -0.3 is 5.11 Å². The SMILES string of the molecule is C=C.C=C/C(=C\C)CC(O)/C=C/CC. The van der Waals surface area contributed by atoms with E-state index in [1.54, 1.807) is 6.08 Å². The molecule has 0 aromatic rings.